The Hall–Kier alpha value is -6.06. The lowest BCUT2D eigenvalue weighted by Crippen LogP contribution is -2.17. The van der Waals surface area contributed by atoms with Crippen LogP contribution in [0.2, 0.25) is 0 Å². The Morgan fingerprint density at radius 1 is 0.511 bits per heavy atom. The molecule has 1 aliphatic heterocycles. The van der Waals surface area contributed by atoms with Crippen LogP contribution in [-0.2, 0) is 0 Å². The number of nitrogens with zero attached hydrogens (tertiary/aromatic N) is 1. The van der Waals surface area contributed by atoms with E-state index in [1.165, 1.54) is 38.2 Å². The monoisotopic (exact) mass is 603 g/mol. The van der Waals surface area contributed by atoms with Crippen molar-refractivity contribution in [3.63, 3.8) is 0 Å². The van der Waals surface area contributed by atoms with Gasteiger partial charge in [-0.2, -0.15) is 0 Å². The number of fused-ring (bicyclic) bond motifs is 8. The first kappa shape index (κ1) is 26.2. The van der Waals surface area contributed by atoms with Crippen molar-refractivity contribution >= 4 is 60.5 Å². The summed E-state index contributed by atoms with van der Waals surface area (Å²) in [6.07, 6.45) is 8.63. The van der Waals surface area contributed by atoms with Gasteiger partial charge >= 0.3 is 0 Å². The van der Waals surface area contributed by atoms with Gasteiger partial charge in [0.2, 0.25) is 0 Å². The molecule has 0 saturated carbocycles. The van der Waals surface area contributed by atoms with Gasteiger partial charge in [0.05, 0.1) is 16.8 Å². The number of hydrogen-bond donors (Lipinski definition) is 0. The molecule has 3 nitrogen and oxygen atoms in total. The quantitative estimate of drug-likeness (QED) is 0.200. The van der Waals surface area contributed by atoms with Gasteiger partial charge in [0.15, 0.2) is 0 Å². The molecular formula is C44H29NO2. The lowest BCUT2D eigenvalue weighted by molar-refractivity contribution is 0.269. The molecule has 1 aromatic heterocycles. The fraction of sp³-hybridized carbons (Fsp3) is 0.0455. The highest BCUT2D eigenvalue weighted by atomic mass is 16.5. The topological polar surface area (TPSA) is 25.6 Å². The minimum atomic E-state index is -0.00585. The third-order valence-electron chi connectivity index (χ3n) is 9.75. The molecule has 2 aliphatic rings. The van der Waals surface area contributed by atoms with Crippen molar-refractivity contribution in [2.45, 2.75) is 12.0 Å². The number of hydrogen-bond acceptors (Lipinski definition) is 3. The van der Waals surface area contributed by atoms with E-state index in [0.29, 0.717) is 0 Å². The third kappa shape index (κ3) is 4.13. The summed E-state index contributed by atoms with van der Waals surface area (Å²) in [6, 6.07) is 49.9. The summed E-state index contributed by atoms with van der Waals surface area (Å²) < 4.78 is 12.9. The average molecular weight is 604 g/mol. The molecule has 47 heavy (non-hydrogen) atoms. The van der Waals surface area contributed by atoms with Crippen molar-refractivity contribution in [1.29, 1.82) is 0 Å². The minimum Gasteiger partial charge on any atom is -0.485 e. The van der Waals surface area contributed by atoms with Crippen LogP contribution in [0.25, 0.3) is 54.6 Å². The van der Waals surface area contributed by atoms with Crippen molar-refractivity contribution in [1.82, 2.24) is 0 Å². The Balaban J connectivity index is 1.17. The standard InChI is InChI=1S/C44H29NO2/c1-2-10-29-25-30(20-19-28(29)9-1)31-21-22-33-27-34(24-23-32(33)26-31)45(37-13-7-17-41-43(37)35-11-3-5-15-39(35)46-41)38-14-8-18-42-44(38)36-12-4-6-16-40(36)47-42/h1-27,35,39H. The number of furan rings is 1. The van der Waals surface area contributed by atoms with E-state index < -0.39 is 0 Å². The van der Waals surface area contributed by atoms with E-state index >= 15 is 0 Å². The van der Waals surface area contributed by atoms with Crippen LogP contribution in [0.5, 0.6) is 5.75 Å². The second-order valence-electron chi connectivity index (χ2n) is 12.5. The number of anilines is 3. The molecule has 0 amide bonds. The van der Waals surface area contributed by atoms with E-state index in [1.807, 2.05) is 12.1 Å². The summed E-state index contributed by atoms with van der Waals surface area (Å²) in [5.74, 6) is 1.07. The van der Waals surface area contributed by atoms with Crippen molar-refractivity contribution in [2.75, 3.05) is 4.90 Å². The Morgan fingerprint density at radius 3 is 2.11 bits per heavy atom. The number of ether oxygens (including phenoxy) is 1. The first-order valence-corrected chi connectivity index (χ1v) is 16.2. The van der Waals surface area contributed by atoms with Crippen LogP contribution in [0, 0.1) is 0 Å². The summed E-state index contributed by atoms with van der Waals surface area (Å²) in [6.45, 7) is 0. The summed E-state index contributed by atoms with van der Waals surface area (Å²) in [5, 5.41) is 7.10. The van der Waals surface area contributed by atoms with E-state index in [2.05, 4.69) is 157 Å². The van der Waals surface area contributed by atoms with Gasteiger partial charge in [-0.15, -0.1) is 0 Å². The van der Waals surface area contributed by atoms with Gasteiger partial charge in [0.1, 0.15) is 23.0 Å². The van der Waals surface area contributed by atoms with Crippen molar-refractivity contribution in [3.8, 4) is 16.9 Å². The Bertz CT molecular complexity index is 2590. The van der Waals surface area contributed by atoms with E-state index in [4.69, 9.17) is 9.15 Å². The highest BCUT2D eigenvalue weighted by Gasteiger charge is 2.36. The Morgan fingerprint density at radius 2 is 1.19 bits per heavy atom. The van der Waals surface area contributed by atoms with Gasteiger partial charge in [-0.05, 0) is 93.3 Å². The number of rotatable bonds is 4. The molecule has 8 aromatic rings. The molecule has 0 bridgehead atoms. The van der Waals surface area contributed by atoms with Crippen LogP contribution in [0.15, 0.2) is 168 Å². The zero-order valence-electron chi connectivity index (χ0n) is 25.5. The van der Waals surface area contributed by atoms with Crippen molar-refractivity contribution in [3.05, 3.63) is 169 Å². The first-order chi connectivity index (χ1) is 23.3. The van der Waals surface area contributed by atoms with Crippen LogP contribution in [-0.4, -0.2) is 6.10 Å². The second-order valence-corrected chi connectivity index (χ2v) is 12.5. The maximum Gasteiger partial charge on any atom is 0.137 e. The van der Waals surface area contributed by atoms with E-state index in [9.17, 15) is 0 Å². The summed E-state index contributed by atoms with van der Waals surface area (Å²) in [5.41, 5.74) is 8.66. The smallest absolute Gasteiger partial charge is 0.137 e. The number of para-hydroxylation sites is 1. The van der Waals surface area contributed by atoms with Gasteiger partial charge in [-0.25, -0.2) is 0 Å². The maximum atomic E-state index is 6.49. The van der Waals surface area contributed by atoms with E-state index in [0.717, 1.165) is 44.8 Å². The lowest BCUT2D eigenvalue weighted by Gasteiger charge is -2.29. The normalized spacial score (nSPS) is 16.5. The molecule has 3 heteroatoms. The van der Waals surface area contributed by atoms with Crippen LogP contribution in [0.4, 0.5) is 17.1 Å². The molecule has 0 radical (unpaired) electrons. The largest absolute Gasteiger partial charge is 0.485 e. The highest BCUT2D eigenvalue weighted by Crippen LogP contribution is 2.51. The van der Waals surface area contributed by atoms with Gasteiger partial charge < -0.3 is 14.1 Å². The van der Waals surface area contributed by atoms with Crippen LogP contribution in [0.3, 0.4) is 0 Å². The van der Waals surface area contributed by atoms with Crippen molar-refractivity contribution in [2.24, 2.45) is 0 Å². The molecule has 0 N–H and O–H groups in total. The number of benzene rings is 7. The Labute approximate surface area is 272 Å². The maximum absolute atomic E-state index is 6.49. The first-order valence-electron chi connectivity index (χ1n) is 16.2. The molecule has 0 spiro atoms. The summed E-state index contributed by atoms with van der Waals surface area (Å²) >= 11 is 0. The minimum absolute atomic E-state index is 0.00585. The predicted molar refractivity (Wildman–Crippen MR) is 194 cm³/mol. The molecule has 2 unspecified atom stereocenters. The van der Waals surface area contributed by atoms with Gasteiger partial charge in [-0.1, -0.05) is 103 Å². The van der Waals surface area contributed by atoms with Gasteiger partial charge in [-0.3, -0.25) is 0 Å². The zero-order chi connectivity index (χ0) is 30.9. The molecule has 2 atom stereocenters. The highest BCUT2D eigenvalue weighted by molar-refractivity contribution is 6.13. The van der Waals surface area contributed by atoms with Crippen LogP contribution < -0.4 is 9.64 Å². The van der Waals surface area contributed by atoms with Crippen LogP contribution >= 0.6 is 0 Å². The summed E-state index contributed by atoms with van der Waals surface area (Å²) in [7, 11) is 0. The second kappa shape index (κ2) is 10.2. The lowest BCUT2D eigenvalue weighted by atomic mass is 9.90. The van der Waals surface area contributed by atoms with E-state index in [1.54, 1.807) is 0 Å². The molecule has 2 heterocycles. The van der Waals surface area contributed by atoms with Gasteiger partial charge in [0.25, 0.3) is 0 Å². The zero-order valence-corrected chi connectivity index (χ0v) is 25.5. The average Bonchev–Trinajstić information content (AvgIpc) is 3.71. The van der Waals surface area contributed by atoms with Crippen molar-refractivity contribution < 1.29 is 9.15 Å². The molecule has 7 aromatic carbocycles. The third-order valence-corrected chi connectivity index (χ3v) is 9.75. The Kier molecular flexibility index (Phi) is 5.70. The fourth-order valence-electron chi connectivity index (χ4n) is 7.54. The SMILES string of the molecule is C1=CC2Oc3cccc(N(c4ccc5cc(-c6ccc7ccccc7c6)ccc5c4)c4cccc5oc6ccccc6c45)c3C2C=C1. The van der Waals surface area contributed by atoms with E-state index in [-0.39, 0.29) is 12.0 Å². The molecule has 0 saturated heterocycles. The summed E-state index contributed by atoms with van der Waals surface area (Å²) in [4.78, 5) is 2.40. The molecular weight excluding hydrogens is 574 g/mol. The molecule has 10 rings (SSSR count). The molecule has 1 aliphatic carbocycles. The molecule has 222 valence electrons. The number of allylic oxidation sites excluding steroid dienone is 2. The fourth-order valence-corrected chi connectivity index (χ4v) is 7.54. The molecule has 0 fully saturated rings. The predicted octanol–water partition coefficient (Wildman–Crippen LogP) is 12.0. The van der Waals surface area contributed by atoms with Gasteiger partial charge in [0, 0.05) is 22.6 Å². The van der Waals surface area contributed by atoms with Crippen LogP contribution in [0.1, 0.15) is 11.5 Å².